The molecule has 7 nitrogen and oxygen atoms in total. The van der Waals surface area contributed by atoms with Gasteiger partial charge < -0.3 is 20.0 Å². The molecule has 0 fully saturated rings. The highest BCUT2D eigenvalue weighted by atomic mass is 35.5. The number of nitrogens with two attached hydrogens (primary N) is 1. The summed E-state index contributed by atoms with van der Waals surface area (Å²) in [5, 5.41) is 11.3. The number of aromatic nitrogens is 1. The Bertz CT molecular complexity index is 1570. The number of carbonyl (C=O) groups excluding carboxylic acids is 2. The lowest BCUT2D eigenvalue weighted by Crippen LogP contribution is -2.18. The van der Waals surface area contributed by atoms with Crippen molar-refractivity contribution in [2.45, 2.75) is 0 Å². The molecule has 1 amide bonds. The van der Waals surface area contributed by atoms with Gasteiger partial charge in [-0.1, -0.05) is 11.6 Å². The molecule has 10 heteroatoms. The smallest absolute Gasteiger partial charge is 0.326 e. The summed E-state index contributed by atoms with van der Waals surface area (Å²) >= 11 is 7.21. The summed E-state index contributed by atoms with van der Waals surface area (Å²) in [6.07, 6.45) is 0. The van der Waals surface area contributed by atoms with Crippen LogP contribution >= 0.6 is 22.9 Å². The number of thiophene rings is 1. The first kappa shape index (κ1) is 21.7. The fourth-order valence-electron chi connectivity index (χ4n) is 3.54. The number of halogens is 2. The molecule has 3 aromatic heterocycles. The molecule has 0 aliphatic rings. The zero-order valence-electron chi connectivity index (χ0n) is 17.1. The SMILES string of the molecule is NC(=O)n1c(O)c(C(=O)c2ccc(-c3ccc(Oc4ccc(F)cc4)o3)s2)c2cc(Cl)ccc21. The lowest BCUT2D eigenvalue weighted by molar-refractivity contribution is 0.104. The van der Waals surface area contributed by atoms with Gasteiger partial charge in [0.1, 0.15) is 17.3 Å². The number of amides is 1. The number of rotatable bonds is 5. The van der Waals surface area contributed by atoms with Gasteiger partial charge in [0.2, 0.25) is 11.7 Å². The van der Waals surface area contributed by atoms with Crippen molar-refractivity contribution in [2.24, 2.45) is 5.73 Å². The van der Waals surface area contributed by atoms with Crippen LogP contribution in [0.5, 0.6) is 17.6 Å². The highest BCUT2D eigenvalue weighted by molar-refractivity contribution is 7.17. The average Bonchev–Trinajstić information content (AvgIpc) is 3.52. The quantitative estimate of drug-likeness (QED) is 0.273. The Kier molecular flexibility index (Phi) is 5.35. The van der Waals surface area contributed by atoms with Gasteiger partial charge >= 0.3 is 6.03 Å². The summed E-state index contributed by atoms with van der Waals surface area (Å²) in [5.41, 5.74) is 5.58. The van der Waals surface area contributed by atoms with E-state index in [1.54, 1.807) is 24.3 Å². The second-order valence-electron chi connectivity index (χ2n) is 7.20. The first-order valence-electron chi connectivity index (χ1n) is 9.82. The predicted octanol–water partition coefficient (Wildman–Crippen LogP) is 6.41. The topological polar surface area (TPSA) is 108 Å². The number of fused-ring (bicyclic) bond motifs is 1. The third kappa shape index (κ3) is 3.81. The number of carbonyl (C=O) groups is 2. The van der Waals surface area contributed by atoms with Crippen LogP contribution in [-0.2, 0) is 0 Å². The lowest BCUT2D eigenvalue weighted by Gasteiger charge is -2.01. The molecule has 3 heterocycles. The number of ketones is 1. The molecule has 0 radical (unpaired) electrons. The van der Waals surface area contributed by atoms with E-state index in [9.17, 15) is 19.1 Å². The van der Waals surface area contributed by atoms with Crippen LogP contribution in [0.3, 0.4) is 0 Å². The molecule has 2 aromatic carbocycles. The second kappa shape index (κ2) is 8.36. The van der Waals surface area contributed by atoms with Crippen LogP contribution in [0.2, 0.25) is 5.02 Å². The van der Waals surface area contributed by atoms with Gasteiger partial charge in [0.05, 0.1) is 20.8 Å². The van der Waals surface area contributed by atoms with Crippen LogP contribution in [0.25, 0.3) is 21.5 Å². The predicted molar refractivity (Wildman–Crippen MR) is 126 cm³/mol. The summed E-state index contributed by atoms with van der Waals surface area (Å²) in [7, 11) is 0. The van der Waals surface area contributed by atoms with E-state index >= 15 is 0 Å². The number of furan rings is 1. The molecular formula is C24H14ClFN2O5S. The van der Waals surface area contributed by atoms with E-state index in [1.165, 1.54) is 42.5 Å². The number of hydrogen-bond acceptors (Lipinski definition) is 6. The first-order chi connectivity index (χ1) is 16.3. The Morgan fingerprint density at radius 3 is 2.56 bits per heavy atom. The molecule has 34 heavy (non-hydrogen) atoms. The largest absolute Gasteiger partial charge is 0.494 e. The number of primary amides is 1. The molecular weight excluding hydrogens is 483 g/mol. The third-order valence-electron chi connectivity index (χ3n) is 5.04. The van der Waals surface area contributed by atoms with E-state index in [4.69, 9.17) is 26.5 Å². The number of ether oxygens (including phenoxy) is 1. The number of hydrogen-bond donors (Lipinski definition) is 2. The average molecular weight is 497 g/mol. The minimum absolute atomic E-state index is 0.0792. The van der Waals surface area contributed by atoms with Gasteiger partial charge in [-0.2, -0.15) is 0 Å². The van der Waals surface area contributed by atoms with E-state index in [-0.39, 0.29) is 22.8 Å². The van der Waals surface area contributed by atoms with Crippen LogP contribution in [0.15, 0.2) is 71.1 Å². The van der Waals surface area contributed by atoms with Gasteiger partial charge in [-0.3, -0.25) is 4.79 Å². The maximum Gasteiger partial charge on any atom is 0.326 e. The van der Waals surface area contributed by atoms with Gasteiger partial charge in [0, 0.05) is 16.5 Å². The minimum atomic E-state index is -0.931. The summed E-state index contributed by atoms with van der Waals surface area (Å²) in [6, 6.07) is 15.6. The zero-order chi connectivity index (χ0) is 24.0. The maximum atomic E-state index is 13.3. The van der Waals surface area contributed by atoms with Crippen molar-refractivity contribution in [3.05, 3.63) is 88.0 Å². The Balaban J connectivity index is 1.46. The van der Waals surface area contributed by atoms with Gasteiger partial charge in [0.25, 0.3) is 5.95 Å². The minimum Gasteiger partial charge on any atom is -0.494 e. The molecule has 5 aromatic rings. The van der Waals surface area contributed by atoms with Gasteiger partial charge in [-0.25, -0.2) is 13.8 Å². The normalized spacial score (nSPS) is 11.1. The van der Waals surface area contributed by atoms with E-state index in [0.29, 0.717) is 31.7 Å². The fraction of sp³-hybridized carbons (Fsp3) is 0. The first-order valence-corrected chi connectivity index (χ1v) is 11.0. The molecule has 0 aliphatic heterocycles. The monoisotopic (exact) mass is 496 g/mol. The zero-order valence-corrected chi connectivity index (χ0v) is 18.7. The van der Waals surface area contributed by atoms with Crippen molar-refractivity contribution >= 4 is 45.7 Å². The molecule has 0 saturated carbocycles. The van der Waals surface area contributed by atoms with Crippen molar-refractivity contribution < 1.29 is 28.2 Å². The van der Waals surface area contributed by atoms with Crippen molar-refractivity contribution in [2.75, 3.05) is 0 Å². The van der Waals surface area contributed by atoms with Gasteiger partial charge in [-0.05, 0) is 60.7 Å². The van der Waals surface area contributed by atoms with E-state index in [1.807, 2.05) is 0 Å². The van der Waals surface area contributed by atoms with Gasteiger partial charge in [-0.15, -0.1) is 11.3 Å². The summed E-state index contributed by atoms with van der Waals surface area (Å²) in [5.74, 6) is -0.388. The fourth-order valence-corrected chi connectivity index (χ4v) is 4.62. The molecule has 0 unspecified atom stereocenters. The highest BCUT2D eigenvalue weighted by Crippen LogP contribution is 2.38. The van der Waals surface area contributed by atoms with Crippen molar-refractivity contribution in [3.8, 4) is 28.2 Å². The lowest BCUT2D eigenvalue weighted by atomic mass is 10.1. The Labute approximate surface area is 200 Å². The molecule has 170 valence electrons. The van der Waals surface area contributed by atoms with Crippen molar-refractivity contribution in [1.29, 1.82) is 0 Å². The van der Waals surface area contributed by atoms with Crippen molar-refractivity contribution in [1.82, 2.24) is 4.57 Å². The molecule has 0 spiro atoms. The summed E-state index contributed by atoms with van der Waals surface area (Å²) in [6.45, 7) is 0. The van der Waals surface area contributed by atoms with Crippen LogP contribution in [0, 0.1) is 5.82 Å². The number of benzene rings is 2. The standard InChI is InChI=1S/C24H14ClFN2O5S/c25-12-1-6-16-15(11-12)21(23(30)28(16)24(27)31)22(29)19-9-8-18(34-19)17-7-10-20(33-17)32-14-4-2-13(26)3-5-14/h1-11,30H,(H2,27,31). The Hall–Kier alpha value is -4.08. The molecule has 0 aliphatic carbocycles. The third-order valence-corrected chi connectivity index (χ3v) is 6.37. The Morgan fingerprint density at radius 2 is 1.82 bits per heavy atom. The van der Waals surface area contributed by atoms with Crippen molar-refractivity contribution in [3.63, 3.8) is 0 Å². The molecule has 0 atom stereocenters. The maximum absolute atomic E-state index is 13.3. The summed E-state index contributed by atoms with van der Waals surface area (Å²) in [4.78, 5) is 26.1. The molecule has 0 bridgehead atoms. The number of nitrogens with zero attached hydrogens (tertiary/aromatic N) is 1. The van der Waals surface area contributed by atoms with E-state index < -0.39 is 17.7 Å². The Morgan fingerprint density at radius 1 is 1.06 bits per heavy atom. The van der Waals surface area contributed by atoms with E-state index in [2.05, 4.69) is 0 Å². The van der Waals surface area contributed by atoms with Crippen LogP contribution in [0.4, 0.5) is 9.18 Å². The number of aromatic hydroxyl groups is 1. The summed E-state index contributed by atoms with van der Waals surface area (Å²) < 4.78 is 25.2. The van der Waals surface area contributed by atoms with Gasteiger partial charge in [0.15, 0.2) is 0 Å². The molecule has 5 rings (SSSR count). The van der Waals surface area contributed by atoms with Crippen LogP contribution in [-0.4, -0.2) is 21.5 Å². The van der Waals surface area contributed by atoms with Crippen LogP contribution < -0.4 is 10.5 Å². The second-order valence-corrected chi connectivity index (χ2v) is 8.72. The molecule has 0 saturated heterocycles. The molecule has 3 N–H and O–H groups in total. The van der Waals surface area contributed by atoms with E-state index in [0.717, 1.165) is 15.9 Å². The highest BCUT2D eigenvalue weighted by Gasteiger charge is 2.27. The van der Waals surface area contributed by atoms with Crippen LogP contribution in [0.1, 0.15) is 15.2 Å².